The number of carboxylic acids is 1. The number of thiophene rings is 1. The van der Waals surface area contributed by atoms with E-state index in [9.17, 15) is 9.59 Å². The summed E-state index contributed by atoms with van der Waals surface area (Å²) >= 11 is 1.70. The van der Waals surface area contributed by atoms with Crippen LogP contribution in [0.1, 0.15) is 38.5 Å². The van der Waals surface area contributed by atoms with Crippen molar-refractivity contribution in [3.05, 3.63) is 22.4 Å². The number of amides is 2. The molecule has 0 atom stereocenters. The van der Waals surface area contributed by atoms with Gasteiger partial charge >= 0.3 is 12.0 Å². The van der Waals surface area contributed by atoms with Crippen LogP contribution in [0, 0.1) is 0 Å². The van der Waals surface area contributed by atoms with E-state index in [2.05, 4.69) is 30.5 Å². The molecule has 2 amide bonds. The first kappa shape index (κ1) is 18.7. The summed E-state index contributed by atoms with van der Waals surface area (Å²) in [4.78, 5) is 26.1. The van der Waals surface area contributed by atoms with Gasteiger partial charge in [0.2, 0.25) is 0 Å². The fourth-order valence-electron chi connectivity index (χ4n) is 2.97. The molecule has 1 fully saturated rings. The van der Waals surface area contributed by atoms with Gasteiger partial charge in [0.05, 0.1) is 6.54 Å². The van der Waals surface area contributed by atoms with E-state index in [1.54, 1.807) is 11.3 Å². The second kappa shape index (κ2) is 7.98. The van der Waals surface area contributed by atoms with Crippen molar-refractivity contribution < 1.29 is 14.7 Å². The topological polar surface area (TPSA) is 81.7 Å². The zero-order valence-electron chi connectivity index (χ0n) is 14.5. The summed E-state index contributed by atoms with van der Waals surface area (Å²) < 4.78 is 0. The average Bonchev–Trinajstić information content (AvgIpc) is 3.01. The van der Waals surface area contributed by atoms with Crippen LogP contribution in [0.2, 0.25) is 0 Å². The Morgan fingerprint density at radius 3 is 2.67 bits per heavy atom. The molecule has 0 radical (unpaired) electrons. The van der Waals surface area contributed by atoms with Crippen molar-refractivity contribution in [2.24, 2.45) is 0 Å². The molecule has 3 N–H and O–H groups in total. The summed E-state index contributed by atoms with van der Waals surface area (Å²) in [6.07, 6.45) is 1.62. The summed E-state index contributed by atoms with van der Waals surface area (Å²) in [5, 5.41) is 16.9. The number of carboxylic acid groups (broad SMARTS) is 1. The van der Waals surface area contributed by atoms with E-state index in [-0.39, 0.29) is 30.1 Å². The fraction of sp³-hybridized carbons (Fsp3) is 0.647. The number of nitrogens with zero attached hydrogens (tertiary/aromatic N) is 1. The van der Waals surface area contributed by atoms with Crippen LogP contribution in [-0.2, 0) is 10.2 Å². The van der Waals surface area contributed by atoms with E-state index in [0.29, 0.717) is 13.1 Å². The summed E-state index contributed by atoms with van der Waals surface area (Å²) in [6.45, 7) is 7.55. The highest BCUT2D eigenvalue weighted by molar-refractivity contribution is 7.10. The van der Waals surface area contributed by atoms with Crippen molar-refractivity contribution in [1.82, 2.24) is 15.5 Å². The van der Waals surface area contributed by atoms with E-state index in [1.807, 2.05) is 23.3 Å². The van der Waals surface area contributed by atoms with Gasteiger partial charge in [-0.3, -0.25) is 9.69 Å². The normalized spacial score (nSPS) is 20.5. The zero-order chi connectivity index (χ0) is 17.7. The van der Waals surface area contributed by atoms with Crippen LogP contribution in [0.4, 0.5) is 4.79 Å². The largest absolute Gasteiger partial charge is 0.480 e. The molecule has 7 heteroatoms. The van der Waals surface area contributed by atoms with Gasteiger partial charge in [-0.1, -0.05) is 26.8 Å². The number of urea groups is 1. The molecule has 1 aliphatic rings. The summed E-state index contributed by atoms with van der Waals surface area (Å²) in [6, 6.07) is 4.33. The van der Waals surface area contributed by atoms with E-state index in [4.69, 9.17) is 5.11 Å². The lowest BCUT2D eigenvalue weighted by Crippen LogP contribution is -2.56. The van der Waals surface area contributed by atoms with Crippen molar-refractivity contribution in [3.63, 3.8) is 0 Å². The predicted octanol–water partition coefficient (Wildman–Crippen LogP) is 2.26. The average molecular weight is 353 g/mol. The maximum Gasteiger partial charge on any atom is 0.317 e. The zero-order valence-corrected chi connectivity index (χ0v) is 15.4. The lowest BCUT2D eigenvalue weighted by molar-refractivity contribution is -0.139. The molecule has 1 aliphatic carbocycles. The second-order valence-electron chi connectivity index (χ2n) is 6.97. The predicted molar refractivity (Wildman–Crippen MR) is 95.6 cm³/mol. The molecule has 2 rings (SSSR count). The molecule has 0 saturated heterocycles. The number of carbonyl (C=O) groups is 2. The maximum atomic E-state index is 12.1. The number of likely N-dealkylation sites (N-methyl/N-ethyl adjacent to an activating group) is 1. The van der Waals surface area contributed by atoms with E-state index < -0.39 is 5.97 Å². The van der Waals surface area contributed by atoms with Crippen LogP contribution in [-0.4, -0.2) is 53.7 Å². The highest BCUT2D eigenvalue weighted by Gasteiger charge is 2.34. The van der Waals surface area contributed by atoms with Gasteiger partial charge in [0.25, 0.3) is 0 Å². The number of rotatable bonds is 8. The molecule has 0 aliphatic heterocycles. The van der Waals surface area contributed by atoms with Crippen molar-refractivity contribution >= 4 is 23.3 Å². The van der Waals surface area contributed by atoms with Gasteiger partial charge in [-0.25, -0.2) is 4.79 Å². The Balaban J connectivity index is 1.70. The van der Waals surface area contributed by atoms with Gasteiger partial charge in [-0.05, 0) is 30.8 Å². The number of aliphatic carboxylic acids is 1. The third-order valence-corrected chi connectivity index (χ3v) is 5.82. The molecular weight excluding hydrogens is 326 g/mol. The quantitative estimate of drug-likeness (QED) is 0.670. The Hall–Kier alpha value is -1.60. The minimum Gasteiger partial charge on any atom is -0.480 e. The van der Waals surface area contributed by atoms with Crippen LogP contribution in [0.5, 0.6) is 0 Å². The Morgan fingerprint density at radius 1 is 1.42 bits per heavy atom. The fourth-order valence-corrected chi connectivity index (χ4v) is 3.82. The molecule has 1 aromatic rings. The minimum absolute atomic E-state index is 0.0646. The van der Waals surface area contributed by atoms with Crippen LogP contribution in [0.25, 0.3) is 0 Å². The van der Waals surface area contributed by atoms with Crippen LogP contribution >= 0.6 is 11.3 Å². The number of carbonyl (C=O) groups excluding carboxylic acids is 1. The second-order valence-corrected chi connectivity index (χ2v) is 7.91. The molecule has 24 heavy (non-hydrogen) atoms. The molecule has 0 aromatic carbocycles. The minimum atomic E-state index is -0.804. The van der Waals surface area contributed by atoms with Crippen LogP contribution < -0.4 is 10.6 Å². The van der Waals surface area contributed by atoms with Gasteiger partial charge in [0.15, 0.2) is 0 Å². The summed E-state index contributed by atoms with van der Waals surface area (Å²) in [5.41, 5.74) is -0.0891. The summed E-state index contributed by atoms with van der Waals surface area (Å²) in [7, 11) is 0. The molecule has 1 heterocycles. The molecule has 1 saturated carbocycles. The lowest BCUT2D eigenvalue weighted by Gasteiger charge is -2.42. The first-order valence-corrected chi connectivity index (χ1v) is 9.24. The number of hydrogen-bond acceptors (Lipinski definition) is 4. The van der Waals surface area contributed by atoms with E-state index >= 15 is 0 Å². The summed E-state index contributed by atoms with van der Waals surface area (Å²) in [5.74, 6) is -0.804. The third kappa shape index (κ3) is 4.95. The van der Waals surface area contributed by atoms with Crippen molar-refractivity contribution in [2.45, 2.75) is 51.1 Å². The van der Waals surface area contributed by atoms with Crippen molar-refractivity contribution in [2.75, 3.05) is 19.6 Å². The first-order valence-electron chi connectivity index (χ1n) is 8.36. The molecule has 0 unspecified atom stereocenters. The molecule has 0 spiro atoms. The Morgan fingerprint density at radius 2 is 2.12 bits per heavy atom. The first-order chi connectivity index (χ1) is 11.3. The Bertz CT molecular complexity index is 553. The smallest absolute Gasteiger partial charge is 0.317 e. The Kier molecular flexibility index (Phi) is 6.23. The van der Waals surface area contributed by atoms with Gasteiger partial charge in [-0.15, -0.1) is 11.3 Å². The highest BCUT2D eigenvalue weighted by atomic mass is 32.1. The van der Waals surface area contributed by atoms with Crippen LogP contribution in [0.3, 0.4) is 0 Å². The van der Waals surface area contributed by atoms with Crippen molar-refractivity contribution in [1.29, 1.82) is 0 Å². The number of hydrogen-bond donors (Lipinski definition) is 3. The van der Waals surface area contributed by atoms with E-state index in [1.165, 1.54) is 4.88 Å². The van der Waals surface area contributed by atoms with Crippen LogP contribution in [0.15, 0.2) is 17.5 Å². The monoisotopic (exact) mass is 353 g/mol. The molecule has 6 nitrogen and oxygen atoms in total. The van der Waals surface area contributed by atoms with Gasteiger partial charge in [-0.2, -0.15) is 0 Å². The highest BCUT2D eigenvalue weighted by Crippen LogP contribution is 2.27. The Labute approximate surface area is 147 Å². The lowest BCUT2D eigenvalue weighted by atomic mass is 9.85. The molecule has 0 bridgehead atoms. The SMILES string of the molecule is CCN(CC(=O)O)C1CC(NC(=O)NCC(C)(C)c2cccs2)C1. The molecule has 1 aromatic heterocycles. The maximum absolute atomic E-state index is 12.1. The van der Waals surface area contributed by atoms with Crippen molar-refractivity contribution in [3.8, 4) is 0 Å². The van der Waals surface area contributed by atoms with Gasteiger partial charge in [0.1, 0.15) is 0 Å². The third-order valence-electron chi connectivity index (χ3n) is 4.59. The van der Waals surface area contributed by atoms with Gasteiger partial charge in [0, 0.05) is 28.9 Å². The number of nitrogens with one attached hydrogen (secondary N) is 2. The van der Waals surface area contributed by atoms with E-state index in [0.717, 1.165) is 12.8 Å². The standard InChI is InChI=1S/C17H27N3O3S/c1-4-20(10-15(21)22)13-8-12(9-13)19-16(23)18-11-17(2,3)14-6-5-7-24-14/h5-7,12-13H,4,8-11H2,1-3H3,(H,21,22)(H2,18,19,23). The molecule has 134 valence electrons. The molecular formula is C17H27N3O3S. The van der Waals surface area contributed by atoms with Gasteiger partial charge < -0.3 is 15.7 Å².